The van der Waals surface area contributed by atoms with Crippen molar-refractivity contribution in [3.8, 4) is 5.88 Å². The van der Waals surface area contributed by atoms with Crippen molar-refractivity contribution in [2.75, 3.05) is 26.2 Å². The lowest BCUT2D eigenvalue weighted by atomic mass is 9.86. The van der Waals surface area contributed by atoms with Gasteiger partial charge in [0.25, 0.3) is 0 Å². The second-order valence-corrected chi connectivity index (χ2v) is 10.1. The molecule has 1 aromatic heterocycles. The SMILES string of the molecule is CC(Oc1ccc(C(F)(F)F)cn1)C1CN(C(=O)N2CC3CC2CO3)CC1c1ccc(Cl)c(Cl)c1. The molecule has 0 spiro atoms. The van der Waals surface area contributed by atoms with E-state index in [-0.39, 0.29) is 35.9 Å². The number of nitrogens with zero attached hydrogens (tertiary/aromatic N) is 3. The van der Waals surface area contributed by atoms with Crippen LogP contribution in [-0.4, -0.2) is 65.3 Å². The molecule has 3 saturated heterocycles. The summed E-state index contributed by atoms with van der Waals surface area (Å²) >= 11 is 12.4. The molecule has 0 radical (unpaired) electrons. The van der Waals surface area contributed by atoms with Crippen molar-refractivity contribution in [2.24, 2.45) is 5.92 Å². The first-order chi connectivity index (χ1) is 16.6. The first kappa shape index (κ1) is 24.5. The van der Waals surface area contributed by atoms with Gasteiger partial charge in [-0.2, -0.15) is 13.2 Å². The molecular weight excluding hydrogens is 506 g/mol. The highest BCUT2D eigenvalue weighted by Crippen LogP contribution is 2.40. The molecule has 188 valence electrons. The third-order valence-corrected chi connectivity index (χ3v) is 7.87. The van der Waals surface area contributed by atoms with Gasteiger partial charge in [-0.05, 0) is 37.1 Å². The lowest BCUT2D eigenvalue weighted by Gasteiger charge is -2.31. The van der Waals surface area contributed by atoms with Gasteiger partial charge in [0.05, 0.1) is 34.4 Å². The number of benzene rings is 1. The second kappa shape index (κ2) is 9.33. The molecule has 2 aromatic rings. The average molecular weight is 530 g/mol. The summed E-state index contributed by atoms with van der Waals surface area (Å²) in [6, 6.07) is 7.62. The van der Waals surface area contributed by atoms with Gasteiger partial charge in [-0.3, -0.25) is 0 Å². The Bertz CT molecular complexity index is 1100. The summed E-state index contributed by atoms with van der Waals surface area (Å²) in [5.41, 5.74) is 0.0783. The predicted octanol–water partition coefficient (Wildman–Crippen LogP) is 5.48. The molecule has 5 rings (SSSR count). The van der Waals surface area contributed by atoms with Gasteiger partial charge < -0.3 is 19.3 Å². The maximum absolute atomic E-state index is 13.4. The third kappa shape index (κ3) is 4.90. The summed E-state index contributed by atoms with van der Waals surface area (Å²) in [6.45, 7) is 3.88. The van der Waals surface area contributed by atoms with Gasteiger partial charge in [0.1, 0.15) is 6.10 Å². The molecule has 2 bridgehead atoms. The monoisotopic (exact) mass is 529 g/mol. The zero-order chi connectivity index (χ0) is 24.9. The molecule has 1 aromatic carbocycles. The van der Waals surface area contributed by atoms with Crippen LogP contribution >= 0.6 is 23.2 Å². The van der Waals surface area contributed by atoms with Crippen molar-refractivity contribution in [2.45, 2.75) is 43.7 Å². The molecule has 6 nitrogen and oxygen atoms in total. The van der Waals surface area contributed by atoms with Crippen molar-refractivity contribution in [1.29, 1.82) is 0 Å². The number of aromatic nitrogens is 1. The van der Waals surface area contributed by atoms with E-state index >= 15 is 0 Å². The summed E-state index contributed by atoms with van der Waals surface area (Å²) in [5.74, 6) is -0.150. The highest BCUT2D eigenvalue weighted by Gasteiger charge is 2.47. The number of likely N-dealkylation sites (tertiary alicyclic amines) is 2. The number of ether oxygens (including phenoxy) is 2. The standard InChI is InChI=1S/C24H24Cl2F3N3O3/c1-13(35-22-5-3-15(8-30-22)24(27,28)29)18-10-31(23(33)32-9-17-7-16(32)12-34-17)11-19(18)14-2-4-20(25)21(26)6-14/h2-6,8,13,16-19H,7,9-12H2,1H3. The number of hydrogen-bond acceptors (Lipinski definition) is 4. The molecule has 0 saturated carbocycles. The fraction of sp³-hybridized carbons (Fsp3) is 0.500. The second-order valence-electron chi connectivity index (χ2n) is 9.33. The van der Waals surface area contributed by atoms with E-state index in [0.717, 1.165) is 24.2 Å². The van der Waals surface area contributed by atoms with Gasteiger partial charge in [-0.1, -0.05) is 29.3 Å². The van der Waals surface area contributed by atoms with Crippen LogP contribution in [0.4, 0.5) is 18.0 Å². The molecule has 5 atom stereocenters. The summed E-state index contributed by atoms with van der Waals surface area (Å²) < 4.78 is 50.2. The van der Waals surface area contributed by atoms with Crippen molar-refractivity contribution in [1.82, 2.24) is 14.8 Å². The van der Waals surface area contributed by atoms with E-state index in [4.69, 9.17) is 32.7 Å². The van der Waals surface area contributed by atoms with Crippen LogP contribution in [-0.2, 0) is 10.9 Å². The Morgan fingerprint density at radius 3 is 2.57 bits per heavy atom. The summed E-state index contributed by atoms with van der Waals surface area (Å²) in [5, 5.41) is 0.851. The first-order valence-corrected chi connectivity index (χ1v) is 12.2. The molecule has 0 N–H and O–H groups in total. The highest BCUT2D eigenvalue weighted by atomic mass is 35.5. The molecule has 4 heterocycles. The van der Waals surface area contributed by atoms with Crippen molar-refractivity contribution in [3.63, 3.8) is 0 Å². The van der Waals surface area contributed by atoms with E-state index in [2.05, 4.69) is 4.98 Å². The Morgan fingerprint density at radius 2 is 1.97 bits per heavy atom. The lowest BCUT2D eigenvalue weighted by Crippen LogP contribution is -2.48. The number of hydrogen-bond donors (Lipinski definition) is 0. The maximum atomic E-state index is 13.4. The number of carbonyl (C=O) groups excluding carboxylic acids is 1. The number of alkyl halides is 3. The molecule has 11 heteroatoms. The molecule has 2 amide bonds. The highest BCUT2D eigenvalue weighted by molar-refractivity contribution is 6.42. The Morgan fingerprint density at radius 1 is 1.17 bits per heavy atom. The Balaban J connectivity index is 1.36. The molecule has 35 heavy (non-hydrogen) atoms. The number of morpholine rings is 1. The Hall–Kier alpha value is -2.23. The van der Waals surface area contributed by atoms with Crippen LogP contribution in [0.1, 0.15) is 30.4 Å². The molecule has 0 aliphatic carbocycles. The fourth-order valence-electron chi connectivity index (χ4n) is 5.27. The van der Waals surface area contributed by atoms with Crippen LogP contribution in [0.2, 0.25) is 10.0 Å². The van der Waals surface area contributed by atoms with Crippen molar-refractivity contribution < 1.29 is 27.4 Å². The van der Waals surface area contributed by atoms with Gasteiger partial charge in [0.15, 0.2) is 0 Å². The van der Waals surface area contributed by atoms with E-state index < -0.39 is 17.8 Å². The largest absolute Gasteiger partial charge is 0.474 e. The van der Waals surface area contributed by atoms with Crippen LogP contribution in [0.3, 0.4) is 0 Å². The molecule has 5 unspecified atom stereocenters. The lowest BCUT2D eigenvalue weighted by molar-refractivity contribution is -0.137. The average Bonchev–Trinajstić information content (AvgIpc) is 3.56. The van der Waals surface area contributed by atoms with Crippen molar-refractivity contribution >= 4 is 29.2 Å². The van der Waals surface area contributed by atoms with Crippen LogP contribution < -0.4 is 4.74 Å². The van der Waals surface area contributed by atoms with E-state index in [1.54, 1.807) is 12.1 Å². The summed E-state index contributed by atoms with van der Waals surface area (Å²) in [6.07, 6.45) is -3.19. The quantitative estimate of drug-likeness (QED) is 0.526. The van der Waals surface area contributed by atoms with Crippen LogP contribution in [0.15, 0.2) is 36.5 Å². The Labute approximate surface area is 210 Å². The van der Waals surface area contributed by atoms with Crippen LogP contribution in [0.25, 0.3) is 0 Å². The smallest absolute Gasteiger partial charge is 0.417 e. The van der Waals surface area contributed by atoms with Crippen LogP contribution in [0.5, 0.6) is 5.88 Å². The molecular formula is C24H24Cl2F3N3O3. The summed E-state index contributed by atoms with van der Waals surface area (Å²) in [7, 11) is 0. The number of pyridine rings is 1. The molecule has 3 fully saturated rings. The van der Waals surface area contributed by atoms with Crippen molar-refractivity contribution in [3.05, 3.63) is 57.7 Å². The zero-order valence-electron chi connectivity index (χ0n) is 18.8. The number of amides is 2. The van der Waals surface area contributed by atoms with Gasteiger partial charge in [0, 0.05) is 43.7 Å². The topological polar surface area (TPSA) is 54.9 Å². The van der Waals surface area contributed by atoms with Gasteiger partial charge in [-0.15, -0.1) is 0 Å². The summed E-state index contributed by atoms with van der Waals surface area (Å²) in [4.78, 5) is 20.9. The maximum Gasteiger partial charge on any atom is 0.417 e. The van der Waals surface area contributed by atoms with E-state index in [9.17, 15) is 18.0 Å². The Kier molecular flexibility index (Phi) is 6.52. The van der Waals surface area contributed by atoms with Gasteiger partial charge >= 0.3 is 12.2 Å². The number of carbonyl (C=O) groups is 1. The number of fused-ring (bicyclic) bond motifs is 2. The molecule has 3 aliphatic rings. The molecule has 3 aliphatic heterocycles. The fourth-order valence-corrected chi connectivity index (χ4v) is 5.57. The third-order valence-electron chi connectivity index (χ3n) is 7.13. The zero-order valence-corrected chi connectivity index (χ0v) is 20.4. The minimum Gasteiger partial charge on any atom is -0.474 e. The van der Waals surface area contributed by atoms with E-state index in [1.165, 1.54) is 6.07 Å². The first-order valence-electron chi connectivity index (χ1n) is 11.4. The van der Waals surface area contributed by atoms with Gasteiger partial charge in [-0.25, -0.2) is 9.78 Å². The van der Waals surface area contributed by atoms with E-state index in [0.29, 0.717) is 36.3 Å². The number of urea groups is 1. The normalized spacial score (nSPS) is 26.9. The predicted molar refractivity (Wildman–Crippen MR) is 124 cm³/mol. The van der Waals surface area contributed by atoms with E-state index in [1.807, 2.05) is 22.8 Å². The number of rotatable bonds is 4. The number of halogens is 5. The van der Waals surface area contributed by atoms with Gasteiger partial charge in [0.2, 0.25) is 5.88 Å². The minimum absolute atomic E-state index is 0.0341. The minimum atomic E-state index is -4.47. The van der Waals surface area contributed by atoms with Crippen LogP contribution in [0, 0.1) is 5.92 Å².